The second-order valence-electron chi connectivity index (χ2n) is 11.6. The molecule has 0 spiro atoms. The topological polar surface area (TPSA) is 100 Å². The highest BCUT2D eigenvalue weighted by Crippen LogP contribution is 2.25. The van der Waals surface area contributed by atoms with Crippen LogP contribution in [0, 0.1) is 11.8 Å². The van der Waals surface area contributed by atoms with Crippen molar-refractivity contribution < 1.29 is 0 Å². The lowest BCUT2D eigenvalue weighted by Crippen LogP contribution is -2.46. The highest BCUT2D eigenvalue weighted by Gasteiger charge is 2.30. The maximum absolute atomic E-state index is 6.41. The van der Waals surface area contributed by atoms with E-state index in [2.05, 4.69) is 113 Å². The number of nitrogens with two attached hydrogens (primary N) is 2. The number of hydrazine groups is 1. The largest absolute Gasteiger partial charge is 0.405 e. The molecule has 0 saturated carbocycles. The van der Waals surface area contributed by atoms with Gasteiger partial charge in [0.2, 0.25) is 0 Å². The fourth-order valence-corrected chi connectivity index (χ4v) is 6.35. The third-order valence-electron chi connectivity index (χ3n) is 8.83. The zero-order valence-corrected chi connectivity index (χ0v) is 23.7. The Morgan fingerprint density at radius 1 is 0.805 bits per heavy atom. The maximum Gasteiger partial charge on any atom is 0.0531 e. The van der Waals surface area contributed by atoms with E-state index in [9.17, 15) is 0 Å². The second kappa shape index (κ2) is 12.9. The van der Waals surface area contributed by atoms with Crippen LogP contribution < -0.4 is 33.0 Å². The summed E-state index contributed by atoms with van der Waals surface area (Å²) in [5.74, 6) is 1.19. The van der Waals surface area contributed by atoms with Crippen LogP contribution in [-0.4, -0.2) is 38.3 Å². The molecular formula is C35H42N6. The molecule has 4 aromatic rings. The first-order chi connectivity index (χ1) is 20.2. The zero-order chi connectivity index (χ0) is 28.0. The van der Waals surface area contributed by atoms with Crippen LogP contribution in [0.3, 0.4) is 0 Å². The van der Waals surface area contributed by atoms with Crippen molar-refractivity contribution in [3.63, 3.8) is 0 Å². The minimum Gasteiger partial charge on any atom is -0.405 e. The van der Waals surface area contributed by atoms with Crippen LogP contribution in [0.25, 0.3) is 21.5 Å². The first kappa shape index (κ1) is 27.5. The van der Waals surface area contributed by atoms with Gasteiger partial charge in [0.05, 0.1) is 6.04 Å². The Bertz CT molecular complexity index is 1530. The van der Waals surface area contributed by atoms with Gasteiger partial charge < -0.3 is 27.5 Å². The molecule has 6 nitrogen and oxygen atoms in total. The van der Waals surface area contributed by atoms with Crippen molar-refractivity contribution in [2.75, 3.05) is 26.2 Å². The molecule has 3 aliphatic rings. The van der Waals surface area contributed by atoms with Gasteiger partial charge in [0.1, 0.15) is 0 Å². The van der Waals surface area contributed by atoms with Gasteiger partial charge in [-0.2, -0.15) is 0 Å². The summed E-state index contributed by atoms with van der Waals surface area (Å²) < 4.78 is 0. The lowest BCUT2D eigenvalue weighted by molar-refractivity contribution is 0.376. The van der Waals surface area contributed by atoms with E-state index in [4.69, 9.17) is 11.5 Å². The van der Waals surface area contributed by atoms with E-state index in [1.807, 2.05) is 0 Å². The summed E-state index contributed by atoms with van der Waals surface area (Å²) >= 11 is 0. The fraction of sp³-hybridized carbons (Fsp3) is 0.314. The van der Waals surface area contributed by atoms with E-state index in [-0.39, 0.29) is 6.04 Å². The molecule has 6 heteroatoms. The van der Waals surface area contributed by atoms with E-state index < -0.39 is 0 Å². The van der Waals surface area contributed by atoms with Gasteiger partial charge in [-0.25, -0.2) is 5.43 Å². The van der Waals surface area contributed by atoms with E-state index >= 15 is 0 Å². The van der Waals surface area contributed by atoms with Crippen molar-refractivity contribution in [3.8, 4) is 0 Å². The van der Waals surface area contributed by atoms with Gasteiger partial charge in [-0.05, 0) is 81.7 Å². The fourth-order valence-electron chi connectivity index (χ4n) is 6.35. The summed E-state index contributed by atoms with van der Waals surface area (Å²) in [6, 6.07) is 30.7. The Balaban J connectivity index is 0.000000148. The van der Waals surface area contributed by atoms with E-state index in [0.29, 0.717) is 17.9 Å². The number of nitrogens with one attached hydrogen (secondary N) is 4. The monoisotopic (exact) mass is 546 g/mol. The Kier molecular flexibility index (Phi) is 8.63. The van der Waals surface area contributed by atoms with Crippen LogP contribution in [0.15, 0.2) is 108 Å². The van der Waals surface area contributed by atoms with Gasteiger partial charge >= 0.3 is 0 Å². The molecular weight excluding hydrogens is 504 g/mol. The van der Waals surface area contributed by atoms with Crippen LogP contribution in [0.4, 0.5) is 0 Å². The molecule has 2 fully saturated rings. The van der Waals surface area contributed by atoms with Gasteiger partial charge in [-0.1, -0.05) is 84.9 Å². The molecule has 0 aromatic heterocycles. The third kappa shape index (κ3) is 6.47. The average Bonchev–Trinajstić information content (AvgIpc) is 3.66. The second-order valence-corrected chi connectivity index (χ2v) is 11.6. The van der Waals surface area contributed by atoms with Crippen molar-refractivity contribution in [2.45, 2.75) is 31.3 Å². The average molecular weight is 547 g/mol. The van der Waals surface area contributed by atoms with E-state index in [1.165, 1.54) is 43.8 Å². The first-order valence-corrected chi connectivity index (χ1v) is 14.9. The molecule has 7 rings (SSSR count). The van der Waals surface area contributed by atoms with Crippen LogP contribution >= 0.6 is 0 Å². The molecule has 0 aliphatic carbocycles. The van der Waals surface area contributed by atoms with Gasteiger partial charge in [0, 0.05) is 37.8 Å². The van der Waals surface area contributed by atoms with Crippen molar-refractivity contribution in [3.05, 3.63) is 120 Å². The smallest absolute Gasteiger partial charge is 0.0531 e. The van der Waals surface area contributed by atoms with Gasteiger partial charge in [0.15, 0.2) is 0 Å². The SMILES string of the molecule is C1=C(C2CNC2)C(Cc2ccc3ccccc3c2)NN1.N/C=C(\C(N)Cc1ccc2ccccc2c1)C1CCNC1. The summed E-state index contributed by atoms with van der Waals surface area (Å²) in [6.07, 6.45) is 6.89. The van der Waals surface area contributed by atoms with Gasteiger partial charge in [0.25, 0.3) is 0 Å². The van der Waals surface area contributed by atoms with Gasteiger partial charge in [-0.3, -0.25) is 0 Å². The normalized spacial score (nSPS) is 21.6. The Morgan fingerprint density at radius 3 is 2.07 bits per heavy atom. The number of benzene rings is 4. The molecule has 2 saturated heterocycles. The molecule has 3 aliphatic heterocycles. The lowest BCUT2D eigenvalue weighted by Gasteiger charge is -2.31. The summed E-state index contributed by atoms with van der Waals surface area (Å²) in [5, 5.41) is 11.9. The predicted octanol–water partition coefficient (Wildman–Crippen LogP) is 4.12. The third-order valence-corrected chi connectivity index (χ3v) is 8.83. The number of fused-ring (bicyclic) bond motifs is 2. The lowest BCUT2D eigenvalue weighted by atomic mass is 9.87. The Hall–Kier alpha value is -3.68. The highest BCUT2D eigenvalue weighted by atomic mass is 15.4. The molecule has 0 bridgehead atoms. The van der Waals surface area contributed by atoms with Crippen molar-refractivity contribution >= 4 is 21.5 Å². The maximum atomic E-state index is 6.41. The Morgan fingerprint density at radius 2 is 1.46 bits per heavy atom. The summed E-state index contributed by atoms with van der Waals surface area (Å²) in [7, 11) is 0. The number of hydrogen-bond donors (Lipinski definition) is 6. The van der Waals surface area contributed by atoms with Gasteiger partial charge in [-0.15, -0.1) is 0 Å². The Labute approximate surface area is 243 Å². The van der Waals surface area contributed by atoms with E-state index in [1.54, 1.807) is 6.20 Å². The van der Waals surface area contributed by atoms with Crippen molar-refractivity contribution in [1.82, 2.24) is 21.5 Å². The standard InChI is InChI=1S/C18H23N3.C17H19N3/c19-11-17(16-7-8-21-12-16)18(20)10-13-5-6-14-3-1-2-4-15(14)9-13;1-2-4-14-7-12(5-6-13(14)3-1)8-17-16(11-19-20-17)15-9-18-10-15/h1-6,9,11,16,18,21H,7-8,10,12,19-20H2;1-7,11,15,17-20H,8-10H2/b17-11-;. The zero-order valence-electron chi connectivity index (χ0n) is 23.7. The quantitative estimate of drug-likeness (QED) is 0.209. The van der Waals surface area contributed by atoms with Crippen LogP contribution in [0.1, 0.15) is 17.5 Å². The molecule has 212 valence electrons. The highest BCUT2D eigenvalue weighted by molar-refractivity contribution is 5.83. The van der Waals surface area contributed by atoms with E-state index in [0.717, 1.165) is 45.4 Å². The minimum absolute atomic E-state index is 0.000984. The molecule has 3 unspecified atom stereocenters. The summed E-state index contributed by atoms with van der Waals surface area (Å²) in [5.41, 5.74) is 24.2. The first-order valence-electron chi connectivity index (χ1n) is 14.9. The van der Waals surface area contributed by atoms with Crippen LogP contribution in [0.2, 0.25) is 0 Å². The van der Waals surface area contributed by atoms with Crippen molar-refractivity contribution in [2.24, 2.45) is 23.3 Å². The summed E-state index contributed by atoms with van der Waals surface area (Å²) in [6.45, 7) is 4.28. The summed E-state index contributed by atoms with van der Waals surface area (Å²) in [4.78, 5) is 0. The number of rotatable bonds is 7. The molecule has 4 aromatic carbocycles. The molecule has 41 heavy (non-hydrogen) atoms. The minimum atomic E-state index is 0.000984. The van der Waals surface area contributed by atoms with Crippen LogP contribution in [0.5, 0.6) is 0 Å². The molecule has 0 amide bonds. The predicted molar refractivity (Wildman–Crippen MR) is 171 cm³/mol. The molecule has 8 N–H and O–H groups in total. The molecule has 3 heterocycles. The molecule has 3 atom stereocenters. The number of hydrogen-bond acceptors (Lipinski definition) is 6. The molecule has 0 radical (unpaired) electrons. The van der Waals surface area contributed by atoms with Crippen molar-refractivity contribution in [1.29, 1.82) is 0 Å². The van der Waals surface area contributed by atoms with Crippen LogP contribution in [-0.2, 0) is 12.8 Å².